The largest absolute Gasteiger partial charge is 0.381 e. The van der Waals surface area contributed by atoms with Crippen molar-refractivity contribution in [2.24, 2.45) is 0 Å². The second-order valence-electron chi connectivity index (χ2n) is 5.87. The average molecular weight is 255 g/mol. The molecule has 0 saturated carbocycles. The van der Waals surface area contributed by atoms with Crippen molar-refractivity contribution in [2.45, 2.75) is 50.2 Å². The Morgan fingerprint density at radius 2 is 1.89 bits per heavy atom. The number of anilines is 1. The summed E-state index contributed by atoms with van der Waals surface area (Å²) in [6, 6.07) is 12.1. The zero-order valence-electron chi connectivity index (χ0n) is 11.5. The Balaban J connectivity index is 1.73. The zero-order chi connectivity index (χ0) is 13.2. The van der Waals surface area contributed by atoms with Gasteiger partial charge in [-0.25, -0.2) is 0 Å². The maximum Gasteiger partial charge on any atom is 0.101 e. The van der Waals surface area contributed by atoms with Gasteiger partial charge in [0, 0.05) is 18.1 Å². The Morgan fingerprint density at radius 1 is 1.21 bits per heavy atom. The fourth-order valence-electron chi connectivity index (χ4n) is 3.66. The van der Waals surface area contributed by atoms with Crippen LogP contribution in [0.5, 0.6) is 0 Å². The van der Waals surface area contributed by atoms with Gasteiger partial charge in [0.2, 0.25) is 0 Å². The Bertz CT molecular complexity index is 477. The standard InChI is InChI=1S/C16H21N3/c1-19-14-6-4-7-15(19)10-13(9-14)18-16-8-3-2-5-12(16)11-17/h2-3,5,8,13-15,18H,4,6-7,9-10H2,1H3/t13?,14-,15?/m1/s1. The first-order chi connectivity index (χ1) is 9.28. The second kappa shape index (κ2) is 5.22. The van der Waals surface area contributed by atoms with Crippen LogP contribution < -0.4 is 5.32 Å². The summed E-state index contributed by atoms with van der Waals surface area (Å²) in [6.45, 7) is 0. The minimum atomic E-state index is 0.515. The molecule has 2 saturated heterocycles. The van der Waals surface area contributed by atoms with Crippen LogP contribution in [0.1, 0.15) is 37.7 Å². The number of para-hydroxylation sites is 1. The van der Waals surface area contributed by atoms with Gasteiger partial charge in [0.15, 0.2) is 0 Å². The highest BCUT2D eigenvalue weighted by atomic mass is 15.2. The van der Waals surface area contributed by atoms with Gasteiger partial charge in [0.1, 0.15) is 6.07 Å². The molecule has 0 spiro atoms. The first-order valence-electron chi connectivity index (χ1n) is 7.25. The van der Waals surface area contributed by atoms with Crippen molar-refractivity contribution in [1.82, 2.24) is 4.90 Å². The van der Waals surface area contributed by atoms with Crippen LogP contribution in [-0.2, 0) is 0 Å². The molecule has 1 aromatic rings. The number of rotatable bonds is 2. The molecule has 2 bridgehead atoms. The van der Waals surface area contributed by atoms with E-state index in [0.717, 1.165) is 23.3 Å². The summed E-state index contributed by atoms with van der Waals surface area (Å²) in [5.41, 5.74) is 1.75. The van der Waals surface area contributed by atoms with Crippen molar-refractivity contribution in [3.05, 3.63) is 29.8 Å². The number of nitrogens with zero attached hydrogens (tertiary/aromatic N) is 2. The number of piperidine rings is 2. The van der Waals surface area contributed by atoms with Gasteiger partial charge < -0.3 is 10.2 Å². The van der Waals surface area contributed by atoms with Crippen LogP contribution in [-0.4, -0.2) is 30.1 Å². The summed E-state index contributed by atoms with van der Waals surface area (Å²) in [6.07, 6.45) is 6.43. The highest BCUT2D eigenvalue weighted by Crippen LogP contribution is 2.34. The van der Waals surface area contributed by atoms with Crippen LogP contribution in [0.25, 0.3) is 0 Å². The molecular weight excluding hydrogens is 234 g/mol. The lowest BCUT2D eigenvalue weighted by molar-refractivity contribution is 0.0608. The van der Waals surface area contributed by atoms with Crippen molar-refractivity contribution < 1.29 is 0 Å². The predicted molar refractivity (Wildman–Crippen MR) is 77.0 cm³/mol. The van der Waals surface area contributed by atoms with Crippen molar-refractivity contribution in [3.8, 4) is 6.07 Å². The number of fused-ring (bicyclic) bond motifs is 2. The normalized spacial score (nSPS) is 30.6. The third-order valence-corrected chi connectivity index (χ3v) is 4.75. The summed E-state index contributed by atoms with van der Waals surface area (Å²) in [4.78, 5) is 2.57. The van der Waals surface area contributed by atoms with Crippen molar-refractivity contribution in [2.75, 3.05) is 12.4 Å². The van der Waals surface area contributed by atoms with Crippen LogP contribution >= 0.6 is 0 Å². The lowest BCUT2D eigenvalue weighted by Crippen LogP contribution is -2.52. The first kappa shape index (κ1) is 12.5. The summed E-state index contributed by atoms with van der Waals surface area (Å²) in [5.74, 6) is 0. The molecule has 0 radical (unpaired) electrons. The zero-order valence-corrected chi connectivity index (χ0v) is 11.5. The number of hydrogen-bond acceptors (Lipinski definition) is 3. The summed E-state index contributed by atoms with van der Waals surface area (Å²) >= 11 is 0. The molecule has 19 heavy (non-hydrogen) atoms. The van der Waals surface area contributed by atoms with Crippen molar-refractivity contribution in [3.63, 3.8) is 0 Å². The second-order valence-corrected chi connectivity index (χ2v) is 5.87. The fourth-order valence-corrected chi connectivity index (χ4v) is 3.66. The molecule has 2 aliphatic heterocycles. The highest BCUT2D eigenvalue weighted by Gasteiger charge is 2.35. The minimum absolute atomic E-state index is 0.515. The fraction of sp³-hybridized carbons (Fsp3) is 0.562. The first-order valence-corrected chi connectivity index (χ1v) is 7.25. The molecule has 100 valence electrons. The van der Waals surface area contributed by atoms with Crippen LogP contribution in [0.2, 0.25) is 0 Å². The molecule has 2 aliphatic rings. The smallest absolute Gasteiger partial charge is 0.101 e. The van der Waals surface area contributed by atoms with Gasteiger partial charge in [-0.2, -0.15) is 5.26 Å². The van der Waals surface area contributed by atoms with Crippen LogP contribution in [0.15, 0.2) is 24.3 Å². The van der Waals surface area contributed by atoms with Gasteiger partial charge in [0.25, 0.3) is 0 Å². The molecule has 2 unspecified atom stereocenters. The number of hydrogen-bond donors (Lipinski definition) is 1. The van der Waals surface area contributed by atoms with E-state index in [1.54, 1.807) is 0 Å². The molecule has 0 amide bonds. The topological polar surface area (TPSA) is 39.1 Å². The van der Waals surface area contributed by atoms with Crippen LogP contribution in [0.3, 0.4) is 0 Å². The quantitative estimate of drug-likeness (QED) is 0.883. The number of nitriles is 1. The Kier molecular flexibility index (Phi) is 3.44. The van der Waals surface area contributed by atoms with Crippen molar-refractivity contribution in [1.29, 1.82) is 5.26 Å². The lowest BCUT2D eigenvalue weighted by Gasteiger charge is -2.47. The number of benzene rings is 1. The van der Waals surface area contributed by atoms with Gasteiger partial charge in [0.05, 0.1) is 11.3 Å². The molecule has 3 nitrogen and oxygen atoms in total. The van der Waals surface area contributed by atoms with Gasteiger partial charge in [-0.3, -0.25) is 0 Å². The van der Waals surface area contributed by atoms with E-state index < -0.39 is 0 Å². The van der Waals surface area contributed by atoms with E-state index >= 15 is 0 Å². The summed E-state index contributed by atoms with van der Waals surface area (Å²) < 4.78 is 0. The molecule has 2 heterocycles. The third kappa shape index (κ3) is 2.46. The van der Waals surface area contributed by atoms with E-state index in [4.69, 9.17) is 5.26 Å². The Morgan fingerprint density at radius 3 is 2.58 bits per heavy atom. The average Bonchev–Trinajstić information content (AvgIpc) is 2.40. The molecule has 1 aromatic carbocycles. The minimum Gasteiger partial charge on any atom is -0.381 e. The molecule has 3 heteroatoms. The van der Waals surface area contributed by atoms with Crippen molar-refractivity contribution >= 4 is 5.69 Å². The van der Waals surface area contributed by atoms with Crippen LogP contribution in [0, 0.1) is 11.3 Å². The van der Waals surface area contributed by atoms with E-state index in [1.807, 2.05) is 24.3 Å². The molecule has 0 aliphatic carbocycles. The molecule has 1 N–H and O–H groups in total. The molecule has 0 aromatic heterocycles. The third-order valence-electron chi connectivity index (χ3n) is 4.75. The van der Waals surface area contributed by atoms with E-state index in [2.05, 4.69) is 23.3 Å². The van der Waals surface area contributed by atoms with E-state index in [9.17, 15) is 0 Å². The molecule has 2 fully saturated rings. The maximum absolute atomic E-state index is 9.15. The number of nitrogens with one attached hydrogen (secondary N) is 1. The Labute approximate surface area is 115 Å². The SMILES string of the molecule is CN1C2CCC[C@@H]1CC(Nc1ccccc1C#N)C2. The highest BCUT2D eigenvalue weighted by molar-refractivity contribution is 5.57. The maximum atomic E-state index is 9.15. The van der Waals surface area contributed by atoms with E-state index in [1.165, 1.54) is 32.1 Å². The van der Waals surface area contributed by atoms with Gasteiger partial charge in [-0.15, -0.1) is 0 Å². The van der Waals surface area contributed by atoms with Crippen LogP contribution in [0.4, 0.5) is 5.69 Å². The van der Waals surface area contributed by atoms with E-state index in [-0.39, 0.29) is 0 Å². The summed E-state index contributed by atoms with van der Waals surface area (Å²) in [5, 5.41) is 12.8. The summed E-state index contributed by atoms with van der Waals surface area (Å²) in [7, 11) is 2.27. The molecule has 3 atom stereocenters. The Hall–Kier alpha value is -1.53. The van der Waals surface area contributed by atoms with E-state index in [0.29, 0.717) is 6.04 Å². The van der Waals surface area contributed by atoms with Gasteiger partial charge >= 0.3 is 0 Å². The molecular formula is C16H21N3. The van der Waals surface area contributed by atoms with Gasteiger partial charge in [-0.1, -0.05) is 18.6 Å². The monoisotopic (exact) mass is 255 g/mol. The lowest BCUT2D eigenvalue weighted by atomic mass is 9.82. The van der Waals surface area contributed by atoms with Gasteiger partial charge in [-0.05, 0) is 44.9 Å². The molecule has 3 rings (SSSR count). The predicted octanol–water partition coefficient (Wildman–Crippen LogP) is 2.99.